The van der Waals surface area contributed by atoms with E-state index in [1.165, 1.54) is 12.2 Å². The number of thiol groups is 1. The molecule has 3 nitrogen and oxygen atoms in total. The summed E-state index contributed by atoms with van der Waals surface area (Å²) in [5, 5.41) is 0. The molecule has 1 aliphatic rings. The summed E-state index contributed by atoms with van der Waals surface area (Å²) < 4.78 is 5.31. The van der Waals surface area contributed by atoms with Gasteiger partial charge in [-0.3, -0.25) is 4.90 Å². The lowest BCUT2D eigenvalue weighted by Gasteiger charge is -2.38. The highest BCUT2D eigenvalue weighted by Crippen LogP contribution is 2.23. The van der Waals surface area contributed by atoms with Crippen LogP contribution < -0.4 is 9.64 Å². The first-order valence-corrected chi connectivity index (χ1v) is 8.49. The van der Waals surface area contributed by atoms with Crippen LogP contribution >= 0.6 is 12.6 Å². The van der Waals surface area contributed by atoms with Gasteiger partial charge in [0.1, 0.15) is 5.75 Å². The maximum absolute atomic E-state index is 5.31. The molecule has 0 amide bonds. The summed E-state index contributed by atoms with van der Waals surface area (Å²) in [7, 11) is 1.72. The Hall–Kier alpha value is -0.870. The Morgan fingerprint density at radius 3 is 2.48 bits per heavy atom. The first-order chi connectivity index (χ1) is 10.1. The summed E-state index contributed by atoms with van der Waals surface area (Å²) in [6, 6.07) is 8.36. The molecule has 1 unspecified atom stereocenters. The average Bonchev–Trinajstić information content (AvgIpc) is 2.53. The highest BCUT2D eigenvalue weighted by atomic mass is 32.1. The van der Waals surface area contributed by atoms with Crippen LogP contribution in [0.15, 0.2) is 24.3 Å². The number of methoxy groups -OCH3 is 1. The SMILES string of the molecule is COc1cccc(N2CCN(CC(CS)C(C)C)CC2)c1. The molecule has 0 aromatic heterocycles. The van der Waals surface area contributed by atoms with E-state index in [9.17, 15) is 0 Å². The second-order valence-electron chi connectivity index (χ2n) is 6.18. The van der Waals surface area contributed by atoms with E-state index in [4.69, 9.17) is 4.74 Å². The van der Waals surface area contributed by atoms with Gasteiger partial charge in [-0.2, -0.15) is 12.6 Å². The Morgan fingerprint density at radius 1 is 1.19 bits per heavy atom. The van der Waals surface area contributed by atoms with Crippen molar-refractivity contribution in [3.8, 4) is 5.75 Å². The van der Waals surface area contributed by atoms with Crippen molar-refractivity contribution >= 4 is 18.3 Å². The smallest absolute Gasteiger partial charge is 0.120 e. The zero-order valence-corrected chi connectivity index (χ0v) is 14.4. The lowest BCUT2D eigenvalue weighted by Crippen LogP contribution is -2.48. The summed E-state index contributed by atoms with van der Waals surface area (Å²) in [5.74, 6) is 3.31. The zero-order valence-electron chi connectivity index (χ0n) is 13.5. The van der Waals surface area contributed by atoms with Crippen LogP contribution in [0.5, 0.6) is 5.75 Å². The second-order valence-corrected chi connectivity index (χ2v) is 6.54. The first-order valence-electron chi connectivity index (χ1n) is 7.86. The molecule has 21 heavy (non-hydrogen) atoms. The number of benzene rings is 1. The Bertz CT molecular complexity index is 431. The summed E-state index contributed by atoms with van der Waals surface area (Å²) in [4.78, 5) is 5.03. The molecule has 0 aliphatic carbocycles. The predicted molar refractivity (Wildman–Crippen MR) is 93.8 cm³/mol. The fourth-order valence-corrected chi connectivity index (χ4v) is 3.34. The fraction of sp³-hybridized carbons (Fsp3) is 0.647. The van der Waals surface area contributed by atoms with E-state index < -0.39 is 0 Å². The molecule has 1 aromatic rings. The highest BCUT2D eigenvalue weighted by Gasteiger charge is 2.21. The lowest BCUT2D eigenvalue weighted by molar-refractivity contribution is 0.204. The number of hydrogen-bond donors (Lipinski definition) is 1. The van der Waals surface area contributed by atoms with Gasteiger partial charge in [-0.05, 0) is 29.7 Å². The topological polar surface area (TPSA) is 15.7 Å². The third-order valence-corrected chi connectivity index (χ3v) is 4.93. The van der Waals surface area contributed by atoms with E-state index in [1.54, 1.807) is 7.11 Å². The third kappa shape index (κ3) is 4.55. The van der Waals surface area contributed by atoms with Crippen molar-refractivity contribution < 1.29 is 4.74 Å². The van der Waals surface area contributed by atoms with Gasteiger partial charge in [0.25, 0.3) is 0 Å². The lowest BCUT2D eigenvalue weighted by atomic mass is 9.97. The maximum atomic E-state index is 5.31. The van der Waals surface area contributed by atoms with Crippen LogP contribution in [0.1, 0.15) is 13.8 Å². The number of piperazine rings is 1. The van der Waals surface area contributed by atoms with Crippen molar-refractivity contribution in [1.82, 2.24) is 4.90 Å². The van der Waals surface area contributed by atoms with Crippen LogP contribution in [-0.2, 0) is 0 Å². The van der Waals surface area contributed by atoms with Gasteiger partial charge in [0.2, 0.25) is 0 Å². The van der Waals surface area contributed by atoms with Gasteiger partial charge in [-0.25, -0.2) is 0 Å². The largest absolute Gasteiger partial charge is 0.497 e. The van der Waals surface area contributed by atoms with Crippen LogP contribution in [0.2, 0.25) is 0 Å². The van der Waals surface area contributed by atoms with Crippen molar-refractivity contribution in [1.29, 1.82) is 0 Å². The highest BCUT2D eigenvalue weighted by molar-refractivity contribution is 7.80. The monoisotopic (exact) mass is 308 g/mol. The minimum absolute atomic E-state index is 0.691. The van der Waals surface area contributed by atoms with E-state index >= 15 is 0 Å². The first kappa shape index (κ1) is 16.5. The predicted octanol–water partition coefficient (Wildman–Crippen LogP) is 3.02. The molecular formula is C17H28N2OS. The molecule has 2 rings (SSSR count). The molecule has 0 bridgehead atoms. The van der Waals surface area contributed by atoms with Gasteiger partial charge >= 0.3 is 0 Å². The van der Waals surface area contributed by atoms with Gasteiger partial charge in [0.05, 0.1) is 7.11 Å². The van der Waals surface area contributed by atoms with E-state index in [1.807, 2.05) is 6.07 Å². The average molecular weight is 308 g/mol. The van der Waals surface area contributed by atoms with Crippen LogP contribution in [0.3, 0.4) is 0 Å². The number of anilines is 1. The molecule has 0 saturated carbocycles. The van der Waals surface area contributed by atoms with Gasteiger partial charge in [0.15, 0.2) is 0 Å². The summed E-state index contributed by atoms with van der Waals surface area (Å²) in [6.07, 6.45) is 0. The van der Waals surface area contributed by atoms with Gasteiger partial charge in [0, 0.05) is 44.5 Å². The Kier molecular flexibility index (Phi) is 6.24. The van der Waals surface area contributed by atoms with Crippen LogP contribution in [0.25, 0.3) is 0 Å². The minimum Gasteiger partial charge on any atom is -0.497 e. The number of rotatable bonds is 6. The summed E-state index contributed by atoms with van der Waals surface area (Å²) >= 11 is 4.50. The quantitative estimate of drug-likeness (QED) is 0.814. The number of hydrogen-bond acceptors (Lipinski definition) is 4. The molecule has 4 heteroatoms. The van der Waals surface area contributed by atoms with Crippen LogP contribution in [-0.4, -0.2) is 50.5 Å². The fourth-order valence-electron chi connectivity index (χ4n) is 2.81. The molecule has 118 valence electrons. The Labute approximate surface area is 134 Å². The van der Waals surface area contributed by atoms with Crippen LogP contribution in [0.4, 0.5) is 5.69 Å². The van der Waals surface area contributed by atoms with Crippen molar-refractivity contribution in [2.45, 2.75) is 13.8 Å². The second kappa shape index (κ2) is 7.95. The number of nitrogens with zero attached hydrogens (tertiary/aromatic N) is 2. The van der Waals surface area contributed by atoms with Gasteiger partial charge < -0.3 is 9.64 Å². The summed E-state index contributed by atoms with van der Waals surface area (Å²) in [5.41, 5.74) is 1.27. The van der Waals surface area contributed by atoms with Gasteiger partial charge in [-0.1, -0.05) is 19.9 Å². The molecule has 1 heterocycles. The van der Waals surface area contributed by atoms with Crippen molar-refractivity contribution in [2.75, 3.05) is 50.5 Å². The Morgan fingerprint density at radius 2 is 1.90 bits per heavy atom. The van der Waals surface area contributed by atoms with Gasteiger partial charge in [-0.15, -0.1) is 0 Å². The zero-order chi connectivity index (χ0) is 15.2. The van der Waals surface area contributed by atoms with Crippen molar-refractivity contribution in [2.24, 2.45) is 11.8 Å². The molecular weight excluding hydrogens is 280 g/mol. The molecule has 0 N–H and O–H groups in total. The minimum atomic E-state index is 0.691. The molecule has 1 atom stereocenters. The standard InChI is InChI=1S/C17H28N2OS/c1-14(2)15(13-21)12-18-7-9-19(10-8-18)16-5-4-6-17(11-16)20-3/h4-6,11,14-15,21H,7-10,12-13H2,1-3H3. The van der Waals surface area contributed by atoms with E-state index in [2.05, 4.69) is 54.5 Å². The third-order valence-electron chi connectivity index (χ3n) is 4.46. The summed E-state index contributed by atoms with van der Waals surface area (Å²) in [6.45, 7) is 10.2. The molecule has 1 aromatic carbocycles. The molecule has 1 aliphatic heterocycles. The molecule has 0 spiro atoms. The number of ether oxygens (including phenoxy) is 1. The normalized spacial score (nSPS) is 18.0. The van der Waals surface area contributed by atoms with Crippen molar-refractivity contribution in [3.63, 3.8) is 0 Å². The molecule has 1 saturated heterocycles. The van der Waals surface area contributed by atoms with E-state index in [0.29, 0.717) is 11.8 Å². The Balaban J connectivity index is 1.88. The molecule has 0 radical (unpaired) electrons. The molecule has 1 fully saturated rings. The van der Waals surface area contributed by atoms with E-state index in [0.717, 1.165) is 37.7 Å². The van der Waals surface area contributed by atoms with Crippen molar-refractivity contribution in [3.05, 3.63) is 24.3 Å². The maximum Gasteiger partial charge on any atom is 0.120 e. The van der Waals surface area contributed by atoms with Crippen LogP contribution in [0, 0.1) is 11.8 Å². The van der Waals surface area contributed by atoms with E-state index in [-0.39, 0.29) is 0 Å².